The number of aliphatic hydroxyl groups is 1. The van der Waals surface area contributed by atoms with E-state index >= 15 is 0 Å². The van der Waals surface area contributed by atoms with Crippen LogP contribution in [0.3, 0.4) is 0 Å². The summed E-state index contributed by atoms with van der Waals surface area (Å²) in [7, 11) is -4.41. The number of phosphoric ester groups is 1. The first-order chi connectivity index (χ1) is 24.7. The van der Waals surface area contributed by atoms with Crippen molar-refractivity contribution in [2.45, 2.75) is 167 Å². The van der Waals surface area contributed by atoms with Crippen molar-refractivity contribution in [1.29, 1.82) is 0 Å². The zero-order valence-corrected chi connectivity index (χ0v) is 32.8. The zero-order valence-electron chi connectivity index (χ0n) is 31.9. The average Bonchev–Trinajstić information content (AvgIpc) is 3.11. The highest BCUT2D eigenvalue weighted by Crippen LogP contribution is 2.43. The summed E-state index contributed by atoms with van der Waals surface area (Å²) < 4.78 is 32.5. The number of esters is 2. The number of carbonyl (C=O) groups excluding carboxylic acids is 2. The van der Waals surface area contributed by atoms with Gasteiger partial charge in [-0.3, -0.25) is 18.6 Å². The number of phosphoric acid groups is 1. The van der Waals surface area contributed by atoms with Crippen LogP contribution >= 0.6 is 7.82 Å². The predicted octanol–water partition coefficient (Wildman–Crippen LogP) is 9.74. The SMILES string of the molecule is CCCCC/C=C\C/C=C\CC(O)/C=C\C=C\CCCC(=O)O[C@H](COC(=O)CCCCCCCCCCCCCC)COP(=O)(O)OCCN. The van der Waals surface area contributed by atoms with Gasteiger partial charge in [0.1, 0.15) is 6.61 Å². The third-order valence-corrected chi connectivity index (χ3v) is 9.03. The molecule has 10 nitrogen and oxygen atoms in total. The lowest BCUT2D eigenvalue weighted by Crippen LogP contribution is -2.29. The molecule has 3 atom stereocenters. The monoisotopic (exact) mass is 741 g/mol. The molecule has 0 radical (unpaired) electrons. The van der Waals surface area contributed by atoms with E-state index in [0.29, 0.717) is 25.7 Å². The van der Waals surface area contributed by atoms with Crippen molar-refractivity contribution in [3.05, 3.63) is 48.6 Å². The molecule has 4 N–H and O–H groups in total. The lowest BCUT2D eigenvalue weighted by atomic mass is 10.0. The van der Waals surface area contributed by atoms with Gasteiger partial charge in [-0.2, -0.15) is 0 Å². The maximum atomic E-state index is 12.5. The molecule has 0 aromatic carbocycles. The second kappa shape index (κ2) is 36.3. The summed E-state index contributed by atoms with van der Waals surface area (Å²) in [4.78, 5) is 34.7. The van der Waals surface area contributed by atoms with Crippen LogP contribution in [-0.4, -0.2) is 60.5 Å². The normalized spacial score (nSPS) is 14.5. The van der Waals surface area contributed by atoms with E-state index in [1.807, 2.05) is 18.2 Å². The van der Waals surface area contributed by atoms with Crippen LogP contribution in [0.15, 0.2) is 48.6 Å². The first kappa shape index (κ1) is 48.9. The topological polar surface area (TPSA) is 155 Å². The maximum absolute atomic E-state index is 12.5. The van der Waals surface area contributed by atoms with Crippen molar-refractivity contribution in [2.75, 3.05) is 26.4 Å². The number of rotatable bonds is 36. The van der Waals surface area contributed by atoms with E-state index in [1.165, 1.54) is 70.6 Å². The lowest BCUT2D eigenvalue weighted by molar-refractivity contribution is -0.161. The fraction of sp³-hybridized carbons (Fsp3) is 0.750. The van der Waals surface area contributed by atoms with Crippen molar-refractivity contribution in [2.24, 2.45) is 5.73 Å². The van der Waals surface area contributed by atoms with Gasteiger partial charge >= 0.3 is 19.8 Å². The van der Waals surface area contributed by atoms with Gasteiger partial charge in [-0.25, -0.2) is 4.57 Å². The van der Waals surface area contributed by atoms with Crippen molar-refractivity contribution in [1.82, 2.24) is 0 Å². The minimum atomic E-state index is -4.41. The fourth-order valence-electron chi connectivity index (χ4n) is 5.06. The Hall–Kier alpha value is -2.07. The molecule has 0 aliphatic heterocycles. The number of hydrogen-bond donors (Lipinski definition) is 3. The Bertz CT molecular complexity index is 998. The van der Waals surface area contributed by atoms with E-state index in [0.717, 1.165) is 32.1 Å². The van der Waals surface area contributed by atoms with Gasteiger partial charge in [-0.15, -0.1) is 0 Å². The summed E-state index contributed by atoms with van der Waals surface area (Å²) in [6.45, 7) is 3.51. The van der Waals surface area contributed by atoms with Crippen LogP contribution in [0, 0.1) is 0 Å². The largest absolute Gasteiger partial charge is 0.472 e. The maximum Gasteiger partial charge on any atom is 0.472 e. The quantitative estimate of drug-likeness (QED) is 0.0186. The minimum Gasteiger partial charge on any atom is -0.462 e. The van der Waals surface area contributed by atoms with Crippen LogP contribution in [0.25, 0.3) is 0 Å². The van der Waals surface area contributed by atoms with Crippen LogP contribution in [0.1, 0.15) is 155 Å². The number of carbonyl (C=O) groups is 2. The van der Waals surface area contributed by atoms with Gasteiger partial charge in [0.05, 0.1) is 19.3 Å². The predicted molar refractivity (Wildman–Crippen MR) is 207 cm³/mol. The van der Waals surface area contributed by atoms with E-state index < -0.39 is 38.6 Å². The smallest absolute Gasteiger partial charge is 0.462 e. The van der Waals surface area contributed by atoms with Crippen LogP contribution in [-0.2, 0) is 32.7 Å². The average molecular weight is 742 g/mol. The molecule has 0 fully saturated rings. The first-order valence-corrected chi connectivity index (χ1v) is 21.2. The highest BCUT2D eigenvalue weighted by molar-refractivity contribution is 7.47. The van der Waals surface area contributed by atoms with Gasteiger partial charge in [0, 0.05) is 19.4 Å². The van der Waals surface area contributed by atoms with Crippen LogP contribution in [0.2, 0.25) is 0 Å². The molecule has 11 heteroatoms. The van der Waals surface area contributed by atoms with Crippen LogP contribution in [0.5, 0.6) is 0 Å². The van der Waals surface area contributed by atoms with E-state index in [2.05, 4.69) is 32.1 Å². The number of aliphatic hydroxyl groups excluding tert-OH is 1. The van der Waals surface area contributed by atoms with E-state index in [9.17, 15) is 24.2 Å². The fourth-order valence-corrected chi connectivity index (χ4v) is 5.82. The van der Waals surface area contributed by atoms with Crippen molar-refractivity contribution in [3.63, 3.8) is 0 Å². The summed E-state index contributed by atoms with van der Waals surface area (Å²) in [5.74, 6) is -0.961. The molecular weight excluding hydrogens is 669 g/mol. The Morgan fingerprint density at radius 1 is 0.686 bits per heavy atom. The molecule has 0 aliphatic rings. The Morgan fingerprint density at radius 2 is 1.27 bits per heavy atom. The highest BCUT2D eigenvalue weighted by Gasteiger charge is 2.25. The molecule has 0 aromatic heterocycles. The van der Waals surface area contributed by atoms with E-state index in [4.69, 9.17) is 24.3 Å². The zero-order chi connectivity index (χ0) is 37.7. The van der Waals surface area contributed by atoms with Crippen LogP contribution < -0.4 is 5.73 Å². The second-order valence-corrected chi connectivity index (χ2v) is 14.5. The van der Waals surface area contributed by atoms with Gasteiger partial charge in [0.2, 0.25) is 0 Å². The van der Waals surface area contributed by atoms with Crippen molar-refractivity contribution in [3.8, 4) is 0 Å². The van der Waals surface area contributed by atoms with E-state index in [1.54, 1.807) is 12.2 Å². The molecule has 0 bridgehead atoms. The third-order valence-electron chi connectivity index (χ3n) is 8.05. The Morgan fingerprint density at radius 3 is 1.94 bits per heavy atom. The van der Waals surface area contributed by atoms with Gasteiger partial charge in [-0.1, -0.05) is 146 Å². The minimum absolute atomic E-state index is 0.0303. The molecule has 0 saturated heterocycles. The second-order valence-electron chi connectivity index (χ2n) is 13.0. The molecule has 0 aromatic rings. The standard InChI is InChI=1S/C40H72NO9P/c1-3-5-7-9-11-13-14-15-17-19-23-27-31-39(43)47-35-38(36-49-51(45,46)48-34-33-41)50-40(44)32-28-24-20-22-26-30-37(42)29-25-21-18-16-12-10-8-6-4-2/h12,16,20-22,25-26,30,37-38,42H,3-11,13-15,17-19,23-24,27-29,31-36,41H2,1-2H3,(H,45,46)/b16-12-,22-20+,25-21-,30-26-/t37?,38-/m1/s1. The molecule has 0 spiro atoms. The van der Waals surface area contributed by atoms with Gasteiger partial charge in [-0.05, 0) is 44.9 Å². The molecule has 0 amide bonds. The summed E-state index contributed by atoms with van der Waals surface area (Å²) in [6, 6.07) is 0. The Labute approximate surface area is 309 Å². The number of unbranched alkanes of at least 4 members (excludes halogenated alkanes) is 15. The summed E-state index contributed by atoms with van der Waals surface area (Å²) in [5.41, 5.74) is 5.32. The summed E-state index contributed by atoms with van der Waals surface area (Å²) in [5, 5.41) is 10.1. The molecule has 2 unspecified atom stereocenters. The Kier molecular flexibility index (Phi) is 34.8. The van der Waals surface area contributed by atoms with Gasteiger partial charge < -0.3 is 25.2 Å². The van der Waals surface area contributed by atoms with Crippen molar-refractivity contribution < 1.29 is 42.7 Å². The third kappa shape index (κ3) is 36.1. The van der Waals surface area contributed by atoms with Gasteiger partial charge in [0.15, 0.2) is 6.10 Å². The molecule has 296 valence electrons. The van der Waals surface area contributed by atoms with Crippen LogP contribution in [0.4, 0.5) is 0 Å². The number of allylic oxidation sites excluding steroid dienone is 6. The molecular formula is C40H72NO9P. The summed E-state index contributed by atoms with van der Waals surface area (Å²) in [6.07, 6.45) is 36.0. The molecule has 0 heterocycles. The number of hydrogen-bond acceptors (Lipinski definition) is 9. The van der Waals surface area contributed by atoms with Crippen molar-refractivity contribution >= 4 is 19.8 Å². The molecule has 0 saturated carbocycles. The molecule has 0 rings (SSSR count). The lowest BCUT2D eigenvalue weighted by Gasteiger charge is -2.19. The van der Waals surface area contributed by atoms with Gasteiger partial charge in [0.25, 0.3) is 0 Å². The van der Waals surface area contributed by atoms with E-state index in [-0.39, 0.29) is 32.6 Å². The Balaban J connectivity index is 4.42. The summed E-state index contributed by atoms with van der Waals surface area (Å²) >= 11 is 0. The number of nitrogens with two attached hydrogens (primary N) is 1. The molecule has 0 aliphatic carbocycles. The molecule has 51 heavy (non-hydrogen) atoms. The number of ether oxygens (including phenoxy) is 2. The highest BCUT2D eigenvalue weighted by atomic mass is 31.2. The first-order valence-electron chi connectivity index (χ1n) is 19.7.